The van der Waals surface area contributed by atoms with Gasteiger partial charge in [0.1, 0.15) is 0 Å². The summed E-state index contributed by atoms with van der Waals surface area (Å²) in [5.41, 5.74) is 0.639. The van der Waals surface area contributed by atoms with Crippen LogP contribution in [0.15, 0.2) is 49.1 Å². The van der Waals surface area contributed by atoms with Crippen LogP contribution in [0.25, 0.3) is 0 Å². The second-order valence-electron chi connectivity index (χ2n) is 2.01. The zero-order valence-electron chi connectivity index (χ0n) is 8.71. The van der Waals surface area contributed by atoms with Crippen LogP contribution in [-0.4, -0.2) is 5.78 Å². The largest absolute Gasteiger partial charge is 0.295 e. The van der Waals surface area contributed by atoms with Crippen LogP contribution in [0.4, 0.5) is 0 Å². The van der Waals surface area contributed by atoms with Gasteiger partial charge in [-0.1, -0.05) is 57.4 Å². The van der Waals surface area contributed by atoms with E-state index in [0.29, 0.717) is 5.57 Å². The lowest BCUT2D eigenvalue weighted by Crippen LogP contribution is -1.91. The van der Waals surface area contributed by atoms with E-state index in [9.17, 15) is 4.79 Å². The average molecular weight is 178 g/mol. The monoisotopic (exact) mass is 178 g/mol. The van der Waals surface area contributed by atoms with Crippen LogP contribution < -0.4 is 0 Å². The molecule has 0 fully saturated rings. The molecule has 0 unspecified atom stereocenters. The van der Waals surface area contributed by atoms with Gasteiger partial charge in [0, 0.05) is 5.57 Å². The molecule has 0 N–H and O–H groups in total. The van der Waals surface area contributed by atoms with Gasteiger partial charge in [-0.15, -0.1) is 0 Å². The van der Waals surface area contributed by atoms with Gasteiger partial charge in [0.15, 0.2) is 5.78 Å². The molecule has 0 aliphatic heterocycles. The van der Waals surface area contributed by atoms with Crippen LogP contribution in [-0.2, 0) is 4.79 Å². The molecule has 72 valence electrons. The van der Waals surface area contributed by atoms with Gasteiger partial charge in [-0.2, -0.15) is 0 Å². The summed E-state index contributed by atoms with van der Waals surface area (Å²) >= 11 is 0. The molecule has 0 amide bonds. The minimum Gasteiger partial charge on any atom is -0.295 e. The molecule has 0 spiro atoms. The zero-order valence-corrected chi connectivity index (χ0v) is 8.71. The van der Waals surface area contributed by atoms with Crippen LogP contribution in [0.5, 0.6) is 0 Å². The molecule has 0 aromatic rings. The van der Waals surface area contributed by atoms with E-state index >= 15 is 0 Å². The van der Waals surface area contributed by atoms with Crippen molar-refractivity contribution in [2.24, 2.45) is 0 Å². The number of carbonyl (C=O) groups is 1. The van der Waals surface area contributed by atoms with E-state index in [1.54, 1.807) is 30.4 Å². The van der Waals surface area contributed by atoms with Crippen molar-refractivity contribution >= 4 is 5.78 Å². The zero-order chi connectivity index (χ0) is 10.7. The fourth-order valence-corrected chi connectivity index (χ4v) is 0.589. The maximum Gasteiger partial charge on any atom is 0.159 e. The normalized spacial score (nSPS) is 10.2. The third-order valence-electron chi connectivity index (χ3n) is 1.12. The van der Waals surface area contributed by atoms with Gasteiger partial charge in [-0.3, -0.25) is 4.79 Å². The molecule has 0 heterocycles. The molecule has 0 rings (SSSR count). The predicted octanol–water partition coefficient (Wildman–Crippen LogP) is 3.46. The maximum absolute atomic E-state index is 10.8. The lowest BCUT2D eigenvalue weighted by atomic mass is 10.1. The molecular weight excluding hydrogens is 160 g/mol. The Hall–Kier alpha value is -1.37. The van der Waals surface area contributed by atoms with Crippen molar-refractivity contribution in [1.29, 1.82) is 0 Å². The summed E-state index contributed by atoms with van der Waals surface area (Å²) in [5, 5.41) is 0. The van der Waals surface area contributed by atoms with Crippen molar-refractivity contribution in [2.75, 3.05) is 0 Å². The number of allylic oxidation sites excluding steroid dienone is 6. The summed E-state index contributed by atoms with van der Waals surface area (Å²) in [6.45, 7) is 12.5. The Morgan fingerprint density at radius 2 is 1.69 bits per heavy atom. The summed E-state index contributed by atoms with van der Waals surface area (Å²) in [4.78, 5) is 10.8. The molecule has 1 heteroatoms. The Morgan fingerprint density at radius 1 is 1.15 bits per heavy atom. The van der Waals surface area contributed by atoms with E-state index in [-0.39, 0.29) is 5.78 Å². The summed E-state index contributed by atoms with van der Waals surface area (Å²) < 4.78 is 0. The van der Waals surface area contributed by atoms with Crippen molar-refractivity contribution in [2.45, 2.75) is 20.8 Å². The minimum absolute atomic E-state index is 0.0306. The van der Waals surface area contributed by atoms with E-state index in [1.807, 2.05) is 13.8 Å². The summed E-state index contributed by atoms with van der Waals surface area (Å²) in [5.74, 6) is 0.0306. The quantitative estimate of drug-likeness (QED) is 0.476. The fraction of sp³-hybridized carbons (Fsp3) is 0.250. The standard InChI is InChI=1S/C10H12O.C2H6/c1-4-6-8-10(7-5-2)9(3)11;1-2/h4-8H,1-2H2,3H3;1-2H3/b8-6-,10-7+;. The molecule has 0 aliphatic carbocycles. The summed E-state index contributed by atoms with van der Waals surface area (Å²) in [7, 11) is 0. The highest BCUT2D eigenvalue weighted by Crippen LogP contribution is 1.98. The van der Waals surface area contributed by atoms with E-state index in [1.165, 1.54) is 6.92 Å². The van der Waals surface area contributed by atoms with Crippen LogP contribution in [0.3, 0.4) is 0 Å². The van der Waals surface area contributed by atoms with E-state index in [2.05, 4.69) is 13.2 Å². The molecule has 0 aromatic heterocycles. The van der Waals surface area contributed by atoms with Crippen molar-refractivity contribution in [3.05, 3.63) is 49.1 Å². The smallest absolute Gasteiger partial charge is 0.159 e. The summed E-state index contributed by atoms with van der Waals surface area (Å²) in [6, 6.07) is 0. The van der Waals surface area contributed by atoms with Gasteiger partial charge in [0.2, 0.25) is 0 Å². The molecule has 0 aliphatic rings. The SMILES string of the molecule is C=C/C=C\C(=C/C=C)C(C)=O.CC. The van der Waals surface area contributed by atoms with Crippen LogP contribution in [0.2, 0.25) is 0 Å². The van der Waals surface area contributed by atoms with Crippen molar-refractivity contribution < 1.29 is 4.79 Å². The van der Waals surface area contributed by atoms with Gasteiger partial charge >= 0.3 is 0 Å². The first-order valence-electron chi connectivity index (χ1n) is 4.35. The first-order valence-corrected chi connectivity index (χ1v) is 4.35. The number of Topliss-reactive ketones (excluding diaryl/α,β-unsaturated/α-hetero) is 1. The van der Waals surface area contributed by atoms with Crippen molar-refractivity contribution in [1.82, 2.24) is 0 Å². The van der Waals surface area contributed by atoms with E-state index < -0.39 is 0 Å². The molecule has 0 atom stereocenters. The van der Waals surface area contributed by atoms with Crippen LogP contribution in [0, 0.1) is 0 Å². The Bertz CT molecular complexity index is 219. The molecule has 0 saturated heterocycles. The first-order chi connectivity index (χ1) is 6.22. The molecule has 0 bridgehead atoms. The molecular formula is C12H18O. The molecule has 1 nitrogen and oxygen atoms in total. The lowest BCUT2D eigenvalue weighted by Gasteiger charge is -1.90. The van der Waals surface area contributed by atoms with Crippen molar-refractivity contribution in [3.63, 3.8) is 0 Å². The van der Waals surface area contributed by atoms with Gasteiger partial charge in [-0.25, -0.2) is 0 Å². The van der Waals surface area contributed by atoms with E-state index in [4.69, 9.17) is 0 Å². The highest BCUT2D eigenvalue weighted by Gasteiger charge is 1.94. The Balaban J connectivity index is 0. The highest BCUT2D eigenvalue weighted by atomic mass is 16.1. The second-order valence-corrected chi connectivity index (χ2v) is 2.01. The van der Waals surface area contributed by atoms with Gasteiger partial charge in [-0.05, 0) is 6.92 Å². The van der Waals surface area contributed by atoms with Gasteiger partial charge < -0.3 is 0 Å². The first kappa shape index (κ1) is 14.2. The highest BCUT2D eigenvalue weighted by molar-refractivity contribution is 5.96. The van der Waals surface area contributed by atoms with Crippen molar-refractivity contribution in [3.8, 4) is 0 Å². The fourth-order valence-electron chi connectivity index (χ4n) is 0.589. The molecule has 0 radical (unpaired) electrons. The number of hydrogen-bond donors (Lipinski definition) is 0. The third kappa shape index (κ3) is 8.54. The average Bonchev–Trinajstić information content (AvgIpc) is 2.15. The van der Waals surface area contributed by atoms with E-state index in [0.717, 1.165) is 0 Å². The molecule has 0 saturated carbocycles. The Kier molecular flexibility index (Phi) is 11.6. The van der Waals surface area contributed by atoms with Crippen LogP contribution in [0.1, 0.15) is 20.8 Å². The molecule has 0 aromatic carbocycles. The maximum atomic E-state index is 10.8. The minimum atomic E-state index is 0.0306. The number of rotatable bonds is 4. The lowest BCUT2D eigenvalue weighted by molar-refractivity contribution is -0.113. The number of carbonyl (C=O) groups excluding carboxylic acids is 1. The Labute approximate surface area is 81.2 Å². The topological polar surface area (TPSA) is 17.1 Å². The Morgan fingerprint density at radius 3 is 2.00 bits per heavy atom. The second kappa shape index (κ2) is 10.6. The van der Waals surface area contributed by atoms with Gasteiger partial charge in [0.05, 0.1) is 0 Å². The number of hydrogen-bond acceptors (Lipinski definition) is 1. The predicted molar refractivity (Wildman–Crippen MR) is 59.6 cm³/mol. The molecule has 13 heavy (non-hydrogen) atoms. The third-order valence-corrected chi connectivity index (χ3v) is 1.12. The van der Waals surface area contributed by atoms with Gasteiger partial charge in [0.25, 0.3) is 0 Å². The summed E-state index contributed by atoms with van der Waals surface area (Å²) in [6.07, 6.45) is 8.31. The van der Waals surface area contributed by atoms with Crippen LogP contribution >= 0.6 is 0 Å². The number of ketones is 1.